The maximum absolute atomic E-state index is 11.8. The summed E-state index contributed by atoms with van der Waals surface area (Å²) >= 11 is 0. The van der Waals surface area contributed by atoms with Gasteiger partial charge in [0.1, 0.15) is 18.1 Å². The first-order valence-corrected chi connectivity index (χ1v) is 9.09. The number of methoxy groups -OCH3 is 1. The molecule has 0 fully saturated rings. The lowest BCUT2D eigenvalue weighted by atomic mass is 9.97. The summed E-state index contributed by atoms with van der Waals surface area (Å²) in [5, 5.41) is 10.2. The molecule has 2 atom stereocenters. The molecule has 0 amide bonds. The standard InChI is InChI=1S/C21H27NO5/c1-16(6-11-21(24)27-15-17-5-3-4-13-22-17)20(23)12-14-26-19-9-7-18(25-2)8-10-19/h3-5,7-10,13,16,20,23H,6,11-12,14-15H2,1-2H3/t16-,20+/m0/s1. The molecule has 0 aliphatic heterocycles. The van der Waals surface area contributed by atoms with E-state index in [2.05, 4.69) is 4.98 Å². The number of nitrogens with zero attached hydrogens (tertiary/aromatic N) is 1. The van der Waals surface area contributed by atoms with Crippen molar-refractivity contribution in [2.24, 2.45) is 5.92 Å². The molecule has 0 spiro atoms. The molecular formula is C21H27NO5. The fourth-order valence-electron chi connectivity index (χ4n) is 2.50. The molecule has 146 valence electrons. The molecule has 1 heterocycles. The van der Waals surface area contributed by atoms with E-state index < -0.39 is 6.10 Å². The Morgan fingerprint density at radius 2 is 1.85 bits per heavy atom. The van der Waals surface area contributed by atoms with E-state index in [1.165, 1.54) is 0 Å². The first-order chi connectivity index (χ1) is 13.1. The van der Waals surface area contributed by atoms with Gasteiger partial charge in [0, 0.05) is 19.0 Å². The van der Waals surface area contributed by atoms with Crippen molar-refractivity contribution in [2.75, 3.05) is 13.7 Å². The van der Waals surface area contributed by atoms with E-state index in [1.807, 2.05) is 49.4 Å². The highest BCUT2D eigenvalue weighted by Gasteiger charge is 2.16. The second-order valence-electron chi connectivity index (χ2n) is 6.38. The predicted octanol–water partition coefficient (Wildman–Crippen LogP) is 3.38. The fraction of sp³-hybridized carbons (Fsp3) is 0.429. The van der Waals surface area contributed by atoms with Crippen LogP contribution in [0, 0.1) is 5.92 Å². The van der Waals surface area contributed by atoms with Crippen LogP contribution in [0.25, 0.3) is 0 Å². The molecule has 2 aromatic rings. The molecule has 27 heavy (non-hydrogen) atoms. The normalized spacial score (nSPS) is 12.9. The number of aromatic nitrogens is 1. The van der Waals surface area contributed by atoms with Crippen molar-refractivity contribution in [2.45, 2.75) is 38.9 Å². The van der Waals surface area contributed by atoms with Gasteiger partial charge in [-0.05, 0) is 48.7 Å². The predicted molar refractivity (Wildman–Crippen MR) is 102 cm³/mol. The average Bonchev–Trinajstić information content (AvgIpc) is 2.71. The average molecular weight is 373 g/mol. The zero-order valence-electron chi connectivity index (χ0n) is 15.8. The first kappa shape index (κ1) is 20.7. The minimum Gasteiger partial charge on any atom is -0.497 e. The minimum absolute atomic E-state index is 0.0214. The lowest BCUT2D eigenvalue weighted by Crippen LogP contribution is -2.21. The molecule has 0 saturated carbocycles. The summed E-state index contributed by atoms with van der Waals surface area (Å²) in [5.41, 5.74) is 0.717. The Balaban J connectivity index is 1.61. The number of carbonyl (C=O) groups excluding carboxylic acids is 1. The maximum atomic E-state index is 11.8. The molecular weight excluding hydrogens is 346 g/mol. The highest BCUT2D eigenvalue weighted by molar-refractivity contribution is 5.69. The zero-order valence-corrected chi connectivity index (χ0v) is 15.8. The number of aliphatic hydroxyl groups excluding tert-OH is 1. The molecule has 0 aliphatic rings. The van der Waals surface area contributed by atoms with Gasteiger partial charge in [-0.2, -0.15) is 0 Å². The summed E-state index contributed by atoms with van der Waals surface area (Å²) < 4.78 is 15.9. The maximum Gasteiger partial charge on any atom is 0.306 e. The number of rotatable bonds is 11. The van der Waals surface area contributed by atoms with Crippen LogP contribution in [0.2, 0.25) is 0 Å². The van der Waals surface area contributed by atoms with Gasteiger partial charge in [0.05, 0.1) is 25.5 Å². The van der Waals surface area contributed by atoms with Gasteiger partial charge >= 0.3 is 5.97 Å². The highest BCUT2D eigenvalue weighted by Crippen LogP contribution is 2.19. The van der Waals surface area contributed by atoms with E-state index in [-0.39, 0.29) is 24.9 Å². The SMILES string of the molecule is COc1ccc(OCC[C@@H](O)[C@@H](C)CCC(=O)OCc2ccccn2)cc1. The van der Waals surface area contributed by atoms with Crippen LogP contribution in [0.3, 0.4) is 0 Å². The molecule has 0 bridgehead atoms. The van der Waals surface area contributed by atoms with Crippen LogP contribution in [-0.4, -0.2) is 35.9 Å². The largest absolute Gasteiger partial charge is 0.497 e. The number of aliphatic hydroxyl groups is 1. The third kappa shape index (κ3) is 7.66. The molecule has 1 aromatic carbocycles. The number of esters is 1. The second-order valence-corrected chi connectivity index (χ2v) is 6.38. The Labute approximate surface area is 160 Å². The fourth-order valence-corrected chi connectivity index (χ4v) is 2.50. The van der Waals surface area contributed by atoms with Crippen molar-refractivity contribution >= 4 is 5.97 Å². The summed E-state index contributed by atoms with van der Waals surface area (Å²) in [6, 6.07) is 12.8. The van der Waals surface area contributed by atoms with Crippen molar-refractivity contribution in [3.8, 4) is 11.5 Å². The van der Waals surface area contributed by atoms with Gasteiger partial charge in [0.15, 0.2) is 0 Å². The number of ether oxygens (including phenoxy) is 3. The Kier molecular flexibility index (Phi) is 8.58. The molecule has 1 N–H and O–H groups in total. The van der Waals surface area contributed by atoms with Crippen LogP contribution in [0.5, 0.6) is 11.5 Å². The summed E-state index contributed by atoms with van der Waals surface area (Å²) in [7, 11) is 1.61. The Bertz CT molecular complexity index is 675. The number of hydrogen-bond donors (Lipinski definition) is 1. The summed E-state index contributed by atoms with van der Waals surface area (Å²) in [6.07, 6.45) is 2.45. The van der Waals surface area contributed by atoms with Gasteiger partial charge in [-0.15, -0.1) is 0 Å². The monoisotopic (exact) mass is 373 g/mol. The number of carbonyl (C=O) groups is 1. The van der Waals surface area contributed by atoms with E-state index in [9.17, 15) is 9.90 Å². The molecule has 2 rings (SSSR count). The van der Waals surface area contributed by atoms with Crippen molar-refractivity contribution in [1.29, 1.82) is 0 Å². The molecule has 6 nitrogen and oxygen atoms in total. The van der Waals surface area contributed by atoms with E-state index in [0.29, 0.717) is 19.4 Å². The van der Waals surface area contributed by atoms with E-state index in [1.54, 1.807) is 13.3 Å². The Hall–Kier alpha value is -2.60. The number of benzene rings is 1. The minimum atomic E-state index is -0.535. The third-order valence-electron chi connectivity index (χ3n) is 4.31. The Morgan fingerprint density at radius 3 is 2.52 bits per heavy atom. The summed E-state index contributed by atoms with van der Waals surface area (Å²) in [5.74, 6) is 1.20. The lowest BCUT2D eigenvalue weighted by Gasteiger charge is -2.18. The van der Waals surface area contributed by atoms with Gasteiger partial charge in [-0.3, -0.25) is 9.78 Å². The molecule has 6 heteroatoms. The molecule has 0 aliphatic carbocycles. The second kappa shape index (κ2) is 11.2. The molecule has 0 radical (unpaired) electrons. The third-order valence-corrected chi connectivity index (χ3v) is 4.31. The van der Waals surface area contributed by atoms with Gasteiger partial charge in [0.25, 0.3) is 0 Å². The highest BCUT2D eigenvalue weighted by atomic mass is 16.5. The van der Waals surface area contributed by atoms with Crippen LogP contribution in [0.1, 0.15) is 31.9 Å². The van der Waals surface area contributed by atoms with Crippen molar-refractivity contribution in [3.05, 3.63) is 54.4 Å². The summed E-state index contributed by atoms with van der Waals surface area (Å²) in [6.45, 7) is 2.50. The van der Waals surface area contributed by atoms with Gasteiger partial charge < -0.3 is 19.3 Å². The Morgan fingerprint density at radius 1 is 1.11 bits per heavy atom. The summed E-state index contributed by atoms with van der Waals surface area (Å²) in [4.78, 5) is 15.9. The zero-order chi connectivity index (χ0) is 19.5. The van der Waals surface area contributed by atoms with E-state index in [4.69, 9.17) is 14.2 Å². The van der Waals surface area contributed by atoms with Crippen LogP contribution < -0.4 is 9.47 Å². The van der Waals surface area contributed by atoms with Crippen molar-refractivity contribution in [3.63, 3.8) is 0 Å². The van der Waals surface area contributed by atoms with Gasteiger partial charge in [-0.1, -0.05) is 13.0 Å². The van der Waals surface area contributed by atoms with Crippen LogP contribution >= 0.6 is 0 Å². The molecule has 1 aromatic heterocycles. The van der Waals surface area contributed by atoms with Crippen molar-refractivity contribution < 1.29 is 24.1 Å². The number of pyridine rings is 1. The lowest BCUT2D eigenvalue weighted by molar-refractivity contribution is -0.145. The van der Waals surface area contributed by atoms with Crippen LogP contribution in [0.4, 0.5) is 0 Å². The molecule has 0 saturated heterocycles. The van der Waals surface area contributed by atoms with Crippen LogP contribution in [-0.2, 0) is 16.1 Å². The molecule has 0 unspecified atom stereocenters. The van der Waals surface area contributed by atoms with Crippen LogP contribution in [0.15, 0.2) is 48.7 Å². The van der Waals surface area contributed by atoms with E-state index >= 15 is 0 Å². The first-order valence-electron chi connectivity index (χ1n) is 9.09. The van der Waals surface area contributed by atoms with Gasteiger partial charge in [0.2, 0.25) is 0 Å². The van der Waals surface area contributed by atoms with Crippen molar-refractivity contribution in [1.82, 2.24) is 4.98 Å². The van der Waals surface area contributed by atoms with E-state index in [0.717, 1.165) is 17.2 Å². The van der Waals surface area contributed by atoms with Gasteiger partial charge in [-0.25, -0.2) is 0 Å². The topological polar surface area (TPSA) is 77.9 Å². The quantitative estimate of drug-likeness (QED) is 0.609. The smallest absolute Gasteiger partial charge is 0.306 e. The number of hydrogen-bond acceptors (Lipinski definition) is 6.